The molecular weight excluding hydrogens is 232 g/mol. The van der Waals surface area contributed by atoms with Crippen molar-refractivity contribution in [3.05, 3.63) is 12.7 Å². The van der Waals surface area contributed by atoms with Gasteiger partial charge in [0.25, 0.3) is 0 Å². The lowest BCUT2D eigenvalue weighted by molar-refractivity contribution is -0.153. The van der Waals surface area contributed by atoms with Gasteiger partial charge in [0.2, 0.25) is 0 Å². The van der Waals surface area contributed by atoms with Gasteiger partial charge in [-0.15, -0.1) is 0 Å². The van der Waals surface area contributed by atoms with Gasteiger partial charge in [-0.2, -0.15) is 0 Å². The molecule has 4 heteroatoms. The van der Waals surface area contributed by atoms with Gasteiger partial charge in [0.05, 0.1) is 12.5 Å². The van der Waals surface area contributed by atoms with E-state index in [1.807, 2.05) is 0 Å². The van der Waals surface area contributed by atoms with E-state index in [1.54, 1.807) is 0 Å². The van der Waals surface area contributed by atoms with Crippen molar-refractivity contribution in [2.45, 2.75) is 32.3 Å². The normalized spacial score (nSPS) is 44.6. The van der Waals surface area contributed by atoms with Crippen LogP contribution in [0.1, 0.15) is 26.2 Å². The number of carbonyl (C=O) groups is 2. The predicted molar refractivity (Wildman–Crippen MR) is 63.5 cm³/mol. The molecule has 0 amide bonds. The third-order valence-electron chi connectivity index (χ3n) is 5.24. The third-order valence-corrected chi connectivity index (χ3v) is 5.24. The smallest absolute Gasteiger partial charge is 0.330 e. The lowest BCUT2D eigenvalue weighted by atomic mass is 9.68. The Labute approximate surface area is 106 Å². The first kappa shape index (κ1) is 11.8. The summed E-state index contributed by atoms with van der Waals surface area (Å²) in [6.45, 7) is 6.05. The van der Waals surface area contributed by atoms with Crippen LogP contribution in [-0.4, -0.2) is 24.6 Å². The highest BCUT2D eigenvalue weighted by Crippen LogP contribution is 2.65. The van der Waals surface area contributed by atoms with Crippen molar-refractivity contribution in [1.82, 2.24) is 0 Å². The van der Waals surface area contributed by atoms with Crippen LogP contribution in [0.4, 0.5) is 0 Å². The van der Waals surface area contributed by atoms with Crippen LogP contribution in [0.5, 0.6) is 0 Å². The molecule has 1 aliphatic heterocycles. The molecule has 0 N–H and O–H groups in total. The van der Waals surface area contributed by atoms with E-state index in [4.69, 9.17) is 9.47 Å². The fourth-order valence-electron chi connectivity index (χ4n) is 4.44. The highest BCUT2D eigenvalue weighted by atomic mass is 16.6. The number of hydrogen-bond donors (Lipinski definition) is 0. The van der Waals surface area contributed by atoms with Crippen molar-refractivity contribution in [2.75, 3.05) is 6.61 Å². The van der Waals surface area contributed by atoms with E-state index in [2.05, 4.69) is 13.5 Å². The molecule has 2 saturated carbocycles. The lowest BCUT2D eigenvalue weighted by Gasteiger charge is -2.39. The summed E-state index contributed by atoms with van der Waals surface area (Å²) in [4.78, 5) is 23.2. The Bertz CT molecular complexity index is 416. The van der Waals surface area contributed by atoms with E-state index >= 15 is 0 Å². The van der Waals surface area contributed by atoms with Crippen LogP contribution in [0, 0.1) is 23.2 Å². The maximum absolute atomic E-state index is 11.7. The summed E-state index contributed by atoms with van der Waals surface area (Å²) in [6, 6.07) is 0. The topological polar surface area (TPSA) is 52.6 Å². The SMILES string of the molecule is C=CC(=O)OC1CC2CC1(CC)C1COC(=O)C21. The molecule has 98 valence electrons. The van der Waals surface area contributed by atoms with Crippen molar-refractivity contribution < 1.29 is 19.1 Å². The molecule has 3 rings (SSSR count). The first-order valence-corrected chi connectivity index (χ1v) is 6.62. The number of ether oxygens (including phenoxy) is 2. The molecule has 5 unspecified atom stereocenters. The lowest BCUT2D eigenvalue weighted by Crippen LogP contribution is -2.43. The minimum absolute atomic E-state index is 0.0450. The molecule has 2 bridgehead atoms. The molecule has 0 radical (unpaired) electrons. The zero-order chi connectivity index (χ0) is 12.9. The van der Waals surface area contributed by atoms with E-state index in [0.29, 0.717) is 12.5 Å². The maximum atomic E-state index is 11.7. The molecule has 1 heterocycles. The number of rotatable bonds is 3. The summed E-state index contributed by atoms with van der Waals surface area (Å²) in [7, 11) is 0. The summed E-state index contributed by atoms with van der Waals surface area (Å²) >= 11 is 0. The summed E-state index contributed by atoms with van der Waals surface area (Å²) in [5, 5.41) is 0. The standard InChI is InChI=1S/C14H18O4/c1-3-11(15)18-10-5-8-6-14(10,4-2)9-7-17-13(16)12(8)9/h3,8-10,12H,1,4-7H2,2H3. The second kappa shape index (κ2) is 3.84. The first-order chi connectivity index (χ1) is 8.62. The van der Waals surface area contributed by atoms with Crippen molar-refractivity contribution in [2.24, 2.45) is 23.2 Å². The molecule has 0 aromatic carbocycles. The van der Waals surface area contributed by atoms with Crippen LogP contribution in [0.25, 0.3) is 0 Å². The molecular formula is C14H18O4. The summed E-state index contributed by atoms with van der Waals surface area (Å²) < 4.78 is 10.7. The van der Waals surface area contributed by atoms with Crippen LogP contribution < -0.4 is 0 Å². The van der Waals surface area contributed by atoms with Gasteiger partial charge >= 0.3 is 11.9 Å². The molecule has 3 fully saturated rings. The molecule has 0 aromatic heterocycles. The van der Waals surface area contributed by atoms with Crippen molar-refractivity contribution >= 4 is 11.9 Å². The Balaban J connectivity index is 1.87. The average molecular weight is 250 g/mol. The van der Waals surface area contributed by atoms with Crippen LogP contribution in [0.2, 0.25) is 0 Å². The van der Waals surface area contributed by atoms with Gasteiger partial charge in [0.1, 0.15) is 6.10 Å². The summed E-state index contributed by atoms with van der Waals surface area (Å²) in [5.74, 6) is 0.198. The largest absolute Gasteiger partial charge is 0.465 e. The zero-order valence-corrected chi connectivity index (χ0v) is 10.6. The molecule has 18 heavy (non-hydrogen) atoms. The fraction of sp³-hybridized carbons (Fsp3) is 0.714. The van der Waals surface area contributed by atoms with E-state index < -0.39 is 0 Å². The van der Waals surface area contributed by atoms with Gasteiger partial charge in [0.15, 0.2) is 0 Å². The number of carbonyl (C=O) groups excluding carboxylic acids is 2. The van der Waals surface area contributed by atoms with Crippen LogP contribution in [0.15, 0.2) is 12.7 Å². The number of fused-ring (bicyclic) bond motifs is 5. The van der Waals surface area contributed by atoms with E-state index in [9.17, 15) is 9.59 Å². The predicted octanol–water partition coefficient (Wildman–Crippen LogP) is 1.69. The Kier molecular flexibility index (Phi) is 2.50. The van der Waals surface area contributed by atoms with E-state index in [-0.39, 0.29) is 35.3 Å². The zero-order valence-electron chi connectivity index (χ0n) is 10.6. The number of esters is 2. The Hall–Kier alpha value is -1.32. The van der Waals surface area contributed by atoms with Crippen molar-refractivity contribution in [3.8, 4) is 0 Å². The van der Waals surface area contributed by atoms with Gasteiger partial charge < -0.3 is 9.47 Å². The molecule has 4 nitrogen and oxygen atoms in total. The second-order valence-corrected chi connectivity index (χ2v) is 5.68. The molecule has 1 saturated heterocycles. The number of hydrogen-bond acceptors (Lipinski definition) is 4. The van der Waals surface area contributed by atoms with E-state index in [1.165, 1.54) is 6.08 Å². The number of cyclic esters (lactones) is 1. The minimum atomic E-state index is -0.359. The van der Waals surface area contributed by atoms with Gasteiger partial charge in [-0.3, -0.25) is 4.79 Å². The second-order valence-electron chi connectivity index (χ2n) is 5.68. The van der Waals surface area contributed by atoms with Crippen molar-refractivity contribution in [3.63, 3.8) is 0 Å². The molecule has 3 aliphatic rings. The molecule has 2 aliphatic carbocycles. The Morgan fingerprint density at radius 3 is 3.11 bits per heavy atom. The highest BCUT2D eigenvalue weighted by Gasteiger charge is 2.67. The van der Waals surface area contributed by atoms with Crippen molar-refractivity contribution in [1.29, 1.82) is 0 Å². The molecule has 0 aromatic rings. The fourth-order valence-corrected chi connectivity index (χ4v) is 4.44. The average Bonchev–Trinajstić information content (AvgIpc) is 3.00. The Morgan fingerprint density at radius 2 is 2.44 bits per heavy atom. The molecule has 5 atom stereocenters. The van der Waals surface area contributed by atoms with Gasteiger partial charge in [-0.25, -0.2) is 4.79 Å². The van der Waals surface area contributed by atoms with Crippen LogP contribution >= 0.6 is 0 Å². The highest BCUT2D eigenvalue weighted by molar-refractivity contribution is 5.81. The summed E-state index contributed by atoms with van der Waals surface area (Å²) in [6.07, 6.45) is 3.85. The minimum Gasteiger partial charge on any atom is -0.465 e. The monoisotopic (exact) mass is 250 g/mol. The van der Waals surface area contributed by atoms with Gasteiger partial charge in [0, 0.05) is 17.4 Å². The van der Waals surface area contributed by atoms with Gasteiger partial charge in [-0.05, 0) is 25.2 Å². The molecule has 0 spiro atoms. The maximum Gasteiger partial charge on any atom is 0.330 e. The third kappa shape index (κ3) is 1.32. The first-order valence-electron chi connectivity index (χ1n) is 6.62. The van der Waals surface area contributed by atoms with Gasteiger partial charge in [-0.1, -0.05) is 13.5 Å². The van der Waals surface area contributed by atoms with Crippen LogP contribution in [0.3, 0.4) is 0 Å². The quantitative estimate of drug-likeness (QED) is 0.565. The van der Waals surface area contributed by atoms with E-state index in [0.717, 1.165) is 19.3 Å². The summed E-state index contributed by atoms with van der Waals surface area (Å²) in [5.41, 5.74) is -0.0554. The van der Waals surface area contributed by atoms with Crippen LogP contribution in [-0.2, 0) is 19.1 Å². The Morgan fingerprint density at radius 1 is 1.67 bits per heavy atom.